The molecular formula is C19H23N3O2S. The highest BCUT2D eigenvalue weighted by atomic mass is 32.1. The molecule has 1 aromatic heterocycles. The molecule has 132 valence electrons. The van der Waals surface area contributed by atoms with Crippen LogP contribution in [0.15, 0.2) is 41.4 Å². The Hall–Kier alpha value is -1.85. The molecule has 0 N–H and O–H groups in total. The molecule has 2 aromatic rings. The first kappa shape index (κ1) is 18.0. The van der Waals surface area contributed by atoms with Gasteiger partial charge in [-0.15, -0.1) is 0 Å². The summed E-state index contributed by atoms with van der Waals surface area (Å²) in [5, 5.41) is 7.01. The molecule has 1 fully saturated rings. The van der Waals surface area contributed by atoms with Crippen LogP contribution in [-0.4, -0.2) is 34.3 Å². The highest BCUT2D eigenvalue weighted by Gasteiger charge is 2.35. The van der Waals surface area contributed by atoms with E-state index in [2.05, 4.69) is 48.2 Å². The first-order chi connectivity index (χ1) is 12.0. The minimum Gasteiger partial charge on any atom is -0.376 e. The second kappa shape index (κ2) is 7.58. The van der Waals surface area contributed by atoms with E-state index in [1.165, 1.54) is 0 Å². The summed E-state index contributed by atoms with van der Waals surface area (Å²) >= 11 is 4.72. The van der Waals surface area contributed by atoms with Gasteiger partial charge in [-0.3, -0.25) is 4.68 Å². The fourth-order valence-corrected chi connectivity index (χ4v) is 3.08. The van der Waals surface area contributed by atoms with Crippen LogP contribution in [0, 0.1) is 0 Å². The van der Waals surface area contributed by atoms with Crippen LogP contribution in [0.5, 0.6) is 0 Å². The number of aliphatic imine (C=N–C) groups is 1. The van der Waals surface area contributed by atoms with Crippen molar-refractivity contribution in [2.45, 2.75) is 44.9 Å². The molecule has 3 rings (SSSR count). The van der Waals surface area contributed by atoms with Crippen molar-refractivity contribution in [3.63, 3.8) is 0 Å². The second-order valence-electron chi connectivity index (χ2n) is 7.23. The summed E-state index contributed by atoms with van der Waals surface area (Å²) in [5.41, 5.74) is 2.16. The number of hydrogen-bond donors (Lipinski definition) is 0. The number of nitrogens with zero attached hydrogens (tertiary/aromatic N) is 3. The number of hydrogen-bond acceptors (Lipinski definition) is 5. The zero-order valence-electron chi connectivity index (χ0n) is 14.8. The predicted octanol–water partition coefficient (Wildman–Crippen LogP) is 4.07. The van der Waals surface area contributed by atoms with E-state index < -0.39 is 0 Å². The van der Waals surface area contributed by atoms with Crippen molar-refractivity contribution >= 4 is 23.2 Å². The molecule has 0 spiro atoms. The number of rotatable bonds is 5. The molecule has 0 aliphatic carbocycles. The van der Waals surface area contributed by atoms with E-state index in [-0.39, 0.29) is 17.6 Å². The zero-order chi connectivity index (χ0) is 17.9. The average molecular weight is 357 g/mol. The highest BCUT2D eigenvalue weighted by Crippen LogP contribution is 2.32. The van der Waals surface area contributed by atoms with E-state index in [4.69, 9.17) is 21.7 Å². The SMILES string of the molecule is CC(C)(C)c1cc(N=C=S)nn1[C@H]1COC[C@@H]1OCc1ccccc1. The molecule has 25 heavy (non-hydrogen) atoms. The third kappa shape index (κ3) is 4.22. The Balaban J connectivity index is 1.83. The summed E-state index contributed by atoms with van der Waals surface area (Å²) in [4.78, 5) is 4.04. The van der Waals surface area contributed by atoms with Crippen LogP contribution < -0.4 is 0 Å². The van der Waals surface area contributed by atoms with Crippen LogP contribution in [0.3, 0.4) is 0 Å². The van der Waals surface area contributed by atoms with E-state index >= 15 is 0 Å². The van der Waals surface area contributed by atoms with E-state index in [1.54, 1.807) is 0 Å². The number of ether oxygens (including phenoxy) is 2. The van der Waals surface area contributed by atoms with Crippen molar-refractivity contribution in [3.05, 3.63) is 47.7 Å². The van der Waals surface area contributed by atoms with Gasteiger partial charge in [0.1, 0.15) is 12.1 Å². The van der Waals surface area contributed by atoms with Crippen molar-refractivity contribution in [2.75, 3.05) is 13.2 Å². The Kier molecular flexibility index (Phi) is 5.45. The number of benzene rings is 1. The van der Waals surface area contributed by atoms with E-state index in [0.717, 1.165) is 11.3 Å². The van der Waals surface area contributed by atoms with Crippen LogP contribution in [0.25, 0.3) is 0 Å². The van der Waals surface area contributed by atoms with Crippen LogP contribution in [-0.2, 0) is 21.5 Å². The molecule has 2 heterocycles. The second-order valence-corrected chi connectivity index (χ2v) is 7.41. The molecular weight excluding hydrogens is 334 g/mol. The lowest BCUT2D eigenvalue weighted by atomic mass is 9.91. The highest BCUT2D eigenvalue weighted by molar-refractivity contribution is 7.78. The van der Waals surface area contributed by atoms with Crippen molar-refractivity contribution in [2.24, 2.45) is 4.99 Å². The minimum absolute atomic E-state index is 0.0204. The quantitative estimate of drug-likeness (QED) is 0.598. The molecule has 0 radical (unpaired) electrons. The van der Waals surface area contributed by atoms with Gasteiger partial charge in [-0.05, 0) is 17.8 Å². The summed E-state index contributed by atoms with van der Waals surface area (Å²) in [7, 11) is 0. The molecule has 0 unspecified atom stereocenters. The number of isothiocyanates is 1. The standard InChI is InChI=1S/C19H23N3O2S/c1-19(2,3)17-9-18(20-13-25)21-22(17)15-11-23-12-16(15)24-10-14-7-5-4-6-8-14/h4-9,15-16H,10-12H2,1-3H3/t15-,16-/m0/s1. The fraction of sp³-hybridized carbons (Fsp3) is 0.474. The molecule has 6 heteroatoms. The van der Waals surface area contributed by atoms with Gasteiger partial charge in [0, 0.05) is 17.2 Å². The van der Waals surface area contributed by atoms with Gasteiger partial charge in [-0.2, -0.15) is 10.1 Å². The zero-order valence-corrected chi connectivity index (χ0v) is 15.6. The third-order valence-corrected chi connectivity index (χ3v) is 4.36. The maximum atomic E-state index is 6.14. The Morgan fingerprint density at radius 3 is 2.76 bits per heavy atom. The first-order valence-corrected chi connectivity index (χ1v) is 8.81. The summed E-state index contributed by atoms with van der Waals surface area (Å²) in [6.07, 6.45) is -0.0504. The van der Waals surface area contributed by atoms with Crippen LogP contribution >= 0.6 is 12.2 Å². The Morgan fingerprint density at radius 1 is 1.32 bits per heavy atom. The lowest BCUT2D eigenvalue weighted by Gasteiger charge is -2.26. The normalized spacial score (nSPS) is 20.4. The predicted molar refractivity (Wildman–Crippen MR) is 100 cm³/mol. The summed E-state index contributed by atoms with van der Waals surface area (Å²) in [6, 6.07) is 12.1. The Labute approximate surface area is 153 Å². The summed E-state index contributed by atoms with van der Waals surface area (Å²) in [5.74, 6) is 0.577. The topological polar surface area (TPSA) is 48.6 Å². The first-order valence-electron chi connectivity index (χ1n) is 8.40. The smallest absolute Gasteiger partial charge is 0.184 e. The molecule has 1 saturated heterocycles. The maximum absolute atomic E-state index is 6.14. The molecule has 0 bridgehead atoms. The van der Waals surface area contributed by atoms with Crippen LogP contribution in [0.1, 0.15) is 38.1 Å². The van der Waals surface area contributed by atoms with Crippen molar-refractivity contribution < 1.29 is 9.47 Å². The van der Waals surface area contributed by atoms with Crippen molar-refractivity contribution in [1.82, 2.24) is 9.78 Å². The molecule has 5 nitrogen and oxygen atoms in total. The van der Waals surface area contributed by atoms with E-state index in [0.29, 0.717) is 25.6 Å². The molecule has 2 atom stereocenters. The fourth-order valence-electron chi connectivity index (χ4n) is 2.98. The van der Waals surface area contributed by atoms with Crippen molar-refractivity contribution in [3.8, 4) is 0 Å². The van der Waals surface area contributed by atoms with E-state index in [1.807, 2.05) is 28.9 Å². The van der Waals surface area contributed by atoms with Gasteiger partial charge in [0.2, 0.25) is 0 Å². The largest absolute Gasteiger partial charge is 0.376 e. The van der Waals surface area contributed by atoms with Gasteiger partial charge in [-0.25, -0.2) is 0 Å². The molecule has 0 amide bonds. The minimum atomic E-state index is -0.0746. The van der Waals surface area contributed by atoms with E-state index in [9.17, 15) is 0 Å². The molecule has 1 aliphatic heterocycles. The maximum Gasteiger partial charge on any atom is 0.184 e. The van der Waals surface area contributed by atoms with Gasteiger partial charge >= 0.3 is 0 Å². The average Bonchev–Trinajstić information content (AvgIpc) is 3.20. The lowest BCUT2D eigenvalue weighted by Crippen LogP contribution is -2.30. The number of thiocarbonyl (C=S) groups is 1. The van der Waals surface area contributed by atoms with Gasteiger partial charge in [0.05, 0.1) is 25.0 Å². The monoisotopic (exact) mass is 357 g/mol. The number of aromatic nitrogens is 2. The lowest BCUT2D eigenvalue weighted by molar-refractivity contribution is 0.0143. The summed E-state index contributed by atoms with van der Waals surface area (Å²) in [6.45, 7) is 8.16. The molecule has 1 aromatic carbocycles. The summed E-state index contributed by atoms with van der Waals surface area (Å²) < 4.78 is 13.8. The molecule has 0 saturated carbocycles. The van der Waals surface area contributed by atoms with Crippen molar-refractivity contribution in [1.29, 1.82) is 0 Å². The van der Waals surface area contributed by atoms with Crippen LogP contribution in [0.2, 0.25) is 0 Å². The van der Waals surface area contributed by atoms with Gasteiger partial charge in [0.15, 0.2) is 5.82 Å². The molecule has 1 aliphatic rings. The Bertz CT molecular complexity index is 761. The van der Waals surface area contributed by atoms with Crippen LogP contribution in [0.4, 0.5) is 5.82 Å². The van der Waals surface area contributed by atoms with Gasteiger partial charge < -0.3 is 9.47 Å². The Morgan fingerprint density at radius 2 is 2.08 bits per heavy atom. The third-order valence-electron chi connectivity index (χ3n) is 4.27. The van der Waals surface area contributed by atoms with Gasteiger partial charge in [0.25, 0.3) is 0 Å². The van der Waals surface area contributed by atoms with Gasteiger partial charge in [-0.1, -0.05) is 51.1 Å².